The molecule has 4 aromatic rings. The quantitative estimate of drug-likeness (QED) is 0.301. The second-order valence-electron chi connectivity index (χ2n) is 7.03. The van der Waals surface area contributed by atoms with Crippen LogP contribution in [0.5, 0.6) is 0 Å². The number of nitrogens with two attached hydrogens (primary N) is 1. The number of carbonyl (C=O) groups is 1. The predicted octanol–water partition coefficient (Wildman–Crippen LogP) is 4.59. The summed E-state index contributed by atoms with van der Waals surface area (Å²) in [6.45, 7) is 0. The molecule has 5 rings (SSSR count). The van der Waals surface area contributed by atoms with Crippen LogP contribution in [0, 0.1) is 0 Å². The Labute approximate surface area is 173 Å². The molecule has 0 saturated carbocycles. The van der Waals surface area contributed by atoms with E-state index in [0.29, 0.717) is 11.3 Å². The van der Waals surface area contributed by atoms with Gasteiger partial charge in [0.2, 0.25) is 0 Å². The Morgan fingerprint density at radius 1 is 0.967 bits per heavy atom. The van der Waals surface area contributed by atoms with E-state index >= 15 is 0 Å². The fraction of sp³-hybridized carbons (Fsp3) is 0. The number of carbonyl (C=O) groups excluding carboxylic acids is 1. The van der Waals surface area contributed by atoms with Gasteiger partial charge in [-0.2, -0.15) is 0 Å². The van der Waals surface area contributed by atoms with E-state index < -0.39 is 0 Å². The normalized spacial score (nSPS) is 14.2. The third-order valence-corrected chi connectivity index (χ3v) is 5.05. The molecular weight excluding hydrogens is 374 g/mol. The number of rotatable bonds is 4. The van der Waals surface area contributed by atoms with Gasteiger partial charge in [-0.25, -0.2) is 4.98 Å². The fourth-order valence-corrected chi connectivity index (χ4v) is 3.60. The topological polar surface area (TPSA) is 95.8 Å². The van der Waals surface area contributed by atoms with Crippen molar-refractivity contribution in [1.82, 2.24) is 9.97 Å². The summed E-state index contributed by atoms with van der Waals surface area (Å²) in [5.41, 5.74) is 13.1. The lowest BCUT2D eigenvalue weighted by Gasteiger charge is -2.15. The van der Waals surface area contributed by atoms with E-state index in [1.165, 1.54) is 0 Å². The van der Waals surface area contributed by atoms with Crippen LogP contribution in [0.1, 0.15) is 11.1 Å². The number of anilines is 3. The number of hydrogen-bond donors (Lipinski definition) is 4. The van der Waals surface area contributed by atoms with Gasteiger partial charge in [0.1, 0.15) is 0 Å². The van der Waals surface area contributed by atoms with Crippen LogP contribution in [-0.4, -0.2) is 15.9 Å². The van der Waals surface area contributed by atoms with Crippen LogP contribution < -0.4 is 16.4 Å². The number of imidazole rings is 1. The first-order valence-electron chi connectivity index (χ1n) is 9.56. The Kier molecular flexibility index (Phi) is 4.29. The van der Waals surface area contributed by atoms with Crippen molar-refractivity contribution in [3.8, 4) is 11.3 Å². The van der Waals surface area contributed by atoms with Crippen molar-refractivity contribution in [2.45, 2.75) is 0 Å². The van der Waals surface area contributed by atoms with Crippen LogP contribution in [0.3, 0.4) is 0 Å². The lowest BCUT2D eigenvalue weighted by molar-refractivity contribution is -0.110. The molecule has 0 aliphatic carbocycles. The van der Waals surface area contributed by atoms with Crippen LogP contribution in [-0.2, 0) is 4.79 Å². The van der Waals surface area contributed by atoms with E-state index in [-0.39, 0.29) is 5.91 Å². The minimum absolute atomic E-state index is 0.157. The zero-order valence-electron chi connectivity index (χ0n) is 16.0. The maximum Gasteiger partial charge on any atom is 0.258 e. The second-order valence-corrected chi connectivity index (χ2v) is 7.03. The molecule has 0 bridgehead atoms. The highest BCUT2D eigenvalue weighted by Gasteiger charge is 2.28. The number of nitrogen functional groups attached to an aromatic ring is 1. The van der Waals surface area contributed by atoms with E-state index in [9.17, 15) is 4.79 Å². The SMILES string of the molecule is Nc1ccc2c(c1)/C(=C(/Nc1ccc(-c3c[nH]cn3)cc1)c1ccccc1)C(=O)N2. The second kappa shape index (κ2) is 7.25. The largest absolute Gasteiger partial charge is 0.399 e. The molecule has 6 heteroatoms. The molecule has 0 saturated heterocycles. The third kappa shape index (κ3) is 3.20. The number of nitrogens with zero attached hydrogens (tertiary/aromatic N) is 1. The molecule has 0 unspecified atom stereocenters. The standard InChI is InChI=1S/C24H19N5O/c25-17-8-11-20-19(12-17)22(24(30)29-20)23(16-4-2-1-3-5-16)28-18-9-6-15(7-10-18)21-13-26-14-27-21/h1-14,28H,25H2,(H,26,27)(H,29,30)/b23-22-. The highest BCUT2D eigenvalue weighted by molar-refractivity contribution is 6.37. The molecule has 1 aliphatic heterocycles. The average molecular weight is 393 g/mol. The van der Waals surface area contributed by atoms with Crippen LogP contribution in [0.25, 0.3) is 22.5 Å². The highest BCUT2D eigenvalue weighted by atomic mass is 16.2. The van der Waals surface area contributed by atoms with Gasteiger partial charge >= 0.3 is 0 Å². The van der Waals surface area contributed by atoms with Gasteiger partial charge in [-0.3, -0.25) is 4.79 Å². The molecule has 1 aliphatic rings. The van der Waals surface area contributed by atoms with E-state index in [0.717, 1.165) is 39.5 Å². The molecule has 146 valence electrons. The number of nitrogens with one attached hydrogen (secondary N) is 3. The summed E-state index contributed by atoms with van der Waals surface area (Å²) in [6, 6.07) is 23.2. The van der Waals surface area contributed by atoms with E-state index in [1.54, 1.807) is 12.4 Å². The number of H-pyrrole nitrogens is 1. The summed E-state index contributed by atoms with van der Waals surface area (Å²) in [6.07, 6.45) is 3.51. The zero-order chi connectivity index (χ0) is 20.5. The van der Waals surface area contributed by atoms with Gasteiger partial charge in [-0.1, -0.05) is 42.5 Å². The van der Waals surface area contributed by atoms with Gasteiger partial charge in [0.15, 0.2) is 0 Å². The fourth-order valence-electron chi connectivity index (χ4n) is 3.60. The van der Waals surface area contributed by atoms with Crippen LogP contribution in [0.2, 0.25) is 0 Å². The maximum absolute atomic E-state index is 12.9. The molecule has 1 aromatic heterocycles. The predicted molar refractivity (Wildman–Crippen MR) is 120 cm³/mol. The smallest absolute Gasteiger partial charge is 0.258 e. The minimum atomic E-state index is -0.157. The minimum Gasteiger partial charge on any atom is -0.399 e. The maximum atomic E-state index is 12.9. The molecule has 3 aromatic carbocycles. The van der Waals surface area contributed by atoms with Gasteiger partial charge in [0.05, 0.1) is 23.3 Å². The van der Waals surface area contributed by atoms with E-state index in [1.807, 2.05) is 72.9 Å². The molecule has 0 spiro atoms. The summed E-state index contributed by atoms with van der Waals surface area (Å²) in [5.74, 6) is -0.157. The lowest BCUT2D eigenvalue weighted by atomic mass is 9.99. The number of amides is 1. The summed E-state index contributed by atoms with van der Waals surface area (Å²) < 4.78 is 0. The molecule has 0 atom stereocenters. The molecule has 30 heavy (non-hydrogen) atoms. The monoisotopic (exact) mass is 393 g/mol. The van der Waals surface area contributed by atoms with Crippen molar-refractivity contribution >= 4 is 34.2 Å². The van der Waals surface area contributed by atoms with Crippen LogP contribution >= 0.6 is 0 Å². The number of aromatic nitrogens is 2. The number of fused-ring (bicyclic) bond motifs is 1. The Hall–Kier alpha value is -4.32. The van der Waals surface area contributed by atoms with Crippen molar-refractivity contribution in [3.05, 3.63) is 96.4 Å². The first kappa shape index (κ1) is 17.8. The Balaban J connectivity index is 1.60. The summed E-state index contributed by atoms with van der Waals surface area (Å²) in [7, 11) is 0. The first-order chi connectivity index (χ1) is 14.7. The molecule has 0 fully saturated rings. The van der Waals surface area contributed by atoms with Crippen LogP contribution in [0.4, 0.5) is 17.1 Å². The van der Waals surface area contributed by atoms with Crippen molar-refractivity contribution in [2.75, 3.05) is 16.4 Å². The number of benzene rings is 3. The molecule has 0 radical (unpaired) electrons. The Morgan fingerprint density at radius 2 is 1.77 bits per heavy atom. The van der Waals surface area contributed by atoms with Gasteiger partial charge in [0, 0.05) is 34.4 Å². The molecular formula is C24H19N5O. The van der Waals surface area contributed by atoms with E-state index in [4.69, 9.17) is 5.73 Å². The van der Waals surface area contributed by atoms with Gasteiger partial charge in [-0.05, 0) is 35.9 Å². The molecule has 5 N–H and O–H groups in total. The van der Waals surface area contributed by atoms with Gasteiger partial charge in [0.25, 0.3) is 5.91 Å². The van der Waals surface area contributed by atoms with Crippen molar-refractivity contribution in [1.29, 1.82) is 0 Å². The zero-order valence-corrected chi connectivity index (χ0v) is 16.0. The third-order valence-electron chi connectivity index (χ3n) is 5.05. The molecule has 2 heterocycles. The van der Waals surface area contributed by atoms with Gasteiger partial charge < -0.3 is 21.4 Å². The number of hydrogen-bond acceptors (Lipinski definition) is 4. The molecule has 1 amide bonds. The average Bonchev–Trinajstić information content (AvgIpc) is 3.41. The highest BCUT2D eigenvalue weighted by Crippen LogP contribution is 2.38. The van der Waals surface area contributed by atoms with E-state index in [2.05, 4.69) is 20.6 Å². The van der Waals surface area contributed by atoms with Crippen molar-refractivity contribution in [3.63, 3.8) is 0 Å². The van der Waals surface area contributed by atoms with Crippen molar-refractivity contribution in [2.24, 2.45) is 0 Å². The van der Waals surface area contributed by atoms with Crippen molar-refractivity contribution < 1.29 is 4.79 Å². The Bertz CT molecular complexity index is 1240. The summed E-state index contributed by atoms with van der Waals surface area (Å²) in [4.78, 5) is 20.1. The Morgan fingerprint density at radius 3 is 2.50 bits per heavy atom. The first-order valence-corrected chi connectivity index (χ1v) is 9.56. The number of aromatic amines is 1. The summed E-state index contributed by atoms with van der Waals surface area (Å²) in [5, 5.41) is 6.38. The van der Waals surface area contributed by atoms with Crippen LogP contribution in [0.15, 0.2) is 85.3 Å². The lowest BCUT2D eigenvalue weighted by Crippen LogP contribution is -2.10. The molecule has 6 nitrogen and oxygen atoms in total. The van der Waals surface area contributed by atoms with Gasteiger partial charge in [-0.15, -0.1) is 0 Å². The summed E-state index contributed by atoms with van der Waals surface area (Å²) >= 11 is 0.